The second kappa shape index (κ2) is 5.74. The van der Waals surface area contributed by atoms with Gasteiger partial charge in [-0.15, -0.1) is 0 Å². The number of benzene rings is 1. The van der Waals surface area contributed by atoms with Gasteiger partial charge >= 0.3 is 0 Å². The molecule has 0 unspecified atom stereocenters. The van der Waals surface area contributed by atoms with Crippen LogP contribution in [0.3, 0.4) is 0 Å². The van der Waals surface area contributed by atoms with Gasteiger partial charge in [0.05, 0.1) is 0 Å². The Balaban J connectivity index is 2.60. The normalized spacial score (nSPS) is 11.4. The third-order valence-corrected chi connectivity index (χ3v) is 3.43. The van der Waals surface area contributed by atoms with E-state index in [1.807, 2.05) is 0 Å². The lowest BCUT2D eigenvalue weighted by molar-refractivity contribution is 0.771. The van der Waals surface area contributed by atoms with Gasteiger partial charge in [-0.3, -0.25) is 0 Å². The summed E-state index contributed by atoms with van der Waals surface area (Å²) in [5.41, 5.74) is 5.87. The van der Waals surface area contributed by atoms with E-state index in [1.54, 1.807) is 0 Å². The number of hydrogen-bond acceptors (Lipinski definition) is 2. The van der Waals surface area contributed by atoms with Gasteiger partial charge in [-0.05, 0) is 43.9 Å². The van der Waals surface area contributed by atoms with Crippen molar-refractivity contribution in [3.05, 3.63) is 46.8 Å². The Bertz CT molecular complexity index is 566. The molecule has 0 atom stereocenters. The van der Waals surface area contributed by atoms with Crippen molar-refractivity contribution in [1.82, 2.24) is 9.97 Å². The average Bonchev–Trinajstić information content (AvgIpc) is 2.36. The molecule has 2 heteroatoms. The lowest BCUT2D eigenvalue weighted by Crippen LogP contribution is -2.03. The van der Waals surface area contributed by atoms with Crippen LogP contribution in [0.4, 0.5) is 0 Å². The second-order valence-corrected chi connectivity index (χ2v) is 6.23. The van der Waals surface area contributed by atoms with E-state index in [4.69, 9.17) is 9.97 Å². The fraction of sp³-hybridized carbons (Fsp3) is 0.444. The lowest BCUT2D eigenvalue weighted by atomic mass is 10.0. The van der Waals surface area contributed by atoms with E-state index < -0.39 is 0 Å². The highest BCUT2D eigenvalue weighted by Gasteiger charge is 2.12. The van der Waals surface area contributed by atoms with E-state index in [2.05, 4.69) is 65.8 Å². The minimum Gasteiger partial charge on any atom is -0.233 e. The lowest BCUT2D eigenvalue weighted by Gasteiger charge is -2.13. The van der Waals surface area contributed by atoms with Crippen molar-refractivity contribution in [2.75, 3.05) is 0 Å². The van der Waals surface area contributed by atoms with Crippen LogP contribution in [0.1, 0.15) is 62.0 Å². The van der Waals surface area contributed by atoms with Crippen LogP contribution in [0.2, 0.25) is 0 Å². The van der Waals surface area contributed by atoms with Crippen molar-refractivity contribution in [3.8, 4) is 11.4 Å². The first kappa shape index (κ1) is 14.7. The van der Waals surface area contributed by atoms with Crippen molar-refractivity contribution in [3.63, 3.8) is 0 Å². The Labute approximate surface area is 122 Å². The zero-order chi connectivity index (χ0) is 14.9. The van der Waals surface area contributed by atoms with E-state index in [0.717, 1.165) is 22.8 Å². The van der Waals surface area contributed by atoms with Gasteiger partial charge in [0.25, 0.3) is 0 Å². The summed E-state index contributed by atoms with van der Waals surface area (Å²) >= 11 is 0. The molecule has 0 saturated heterocycles. The molecule has 0 saturated carbocycles. The highest BCUT2D eigenvalue weighted by Crippen LogP contribution is 2.24. The highest BCUT2D eigenvalue weighted by molar-refractivity contribution is 5.58. The summed E-state index contributed by atoms with van der Waals surface area (Å²) in [6, 6.07) is 8.65. The van der Waals surface area contributed by atoms with Crippen molar-refractivity contribution in [2.45, 2.75) is 53.4 Å². The van der Waals surface area contributed by atoms with Gasteiger partial charge in [-0.25, -0.2) is 9.97 Å². The maximum absolute atomic E-state index is 4.76. The first-order valence-electron chi connectivity index (χ1n) is 7.34. The molecule has 1 heterocycles. The smallest absolute Gasteiger partial charge is 0.159 e. The summed E-state index contributed by atoms with van der Waals surface area (Å²) in [5.74, 6) is 1.69. The standard InChI is InChI=1S/C18H24N2/c1-11(2)16-10-17(12(3)4)20-18(19-16)15-8-13(5)7-14(6)9-15/h7-12H,1-6H3. The Morgan fingerprint density at radius 1 is 0.700 bits per heavy atom. The molecule has 2 rings (SSSR count). The minimum atomic E-state index is 0.417. The molecule has 0 amide bonds. The number of aryl methyl sites for hydroxylation is 2. The number of nitrogens with zero attached hydrogens (tertiary/aromatic N) is 2. The SMILES string of the molecule is Cc1cc(C)cc(-c2nc(C(C)C)cc(C(C)C)n2)c1. The van der Waals surface area contributed by atoms with Crippen LogP contribution in [-0.2, 0) is 0 Å². The molecule has 2 aromatic rings. The molecule has 0 radical (unpaired) electrons. The summed E-state index contributed by atoms with van der Waals surface area (Å²) < 4.78 is 0. The van der Waals surface area contributed by atoms with E-state index in [9.17, 15) is 0 Å². The van der Waals surface area contributed by atoms with Crippen molar-refractivity contribution < 1.29 is 0 Å². The summed E-state index contributed by atoms with van der Waals surface area (Å²) in [7, 11) is 0. The van der Waals surface area contributed by atoms with Crippen molar-refractivity contribution >= 4 is 0 Å². The summed E-state index contributed by atoms with van der Waals surface area (Å²) in [5, 5.41) is 0. The third kappa shape index (κ3) is 3.24. The fourth-order valence-electron chi connectivity index (χ4n) is 2.31. The van der Waals surface area contributed by atoms with Crippen LogP contribution < -0.4 is 0 Å². The number of hydrogen-bond donors (Lipinski definition) is 0. The average molecular weight is 268 g/mol. The molecule has 2 nitrogen and oxygen atoms in total. The van der Waals surface area contributed by atoms with Crippen molar-refractivity contribution in [1.29, 1.82) is 0 Å². The fourth-order valence-corrected chi connectivity index (χ4v) is 2.31. The molecule has 0 N–H and O–H groups in total. The van der Waals surface area contributed by atoms with Gasteiger partial charge in [0.1, 0.15) is 0 Å². The molecule has 0 fully saturated rings. The predicted molar refractivity (Wildman–Crippen MR) is 85.1 cm³/mol. The Kier molecular flexibility index (Phi) is 4.22. The molecule has 1 aromatic heterocycles. The van der Waals surface area contributed by atoms with Gasteiger partial charge in [0.15, 0.2) is 5.82 Å². The van der Waals surface area contributed by atoms with Crippen LogP contribution in [0.25, 0.3) is 11.4 Å². The topological polar surface area (TPSA) is 25.8 Å². The molecule has 20 heavy (non-hydrogen) atoms. The third-order valence-electron chi connectivity index (χ3n) is 3.43. The van der Waals surface area contributed by atoms with Gasteiger partial charge in [-0.2, -0.15) is 0 Å². The van der Waals surface area contributed by atoms with E-state index in [1.165, 1.54) is 11.1 Å². The van der Waals surface area contributed by atoms with Gasteiger partial charge < -0.3 is 0 Å². The zero-order valence-electron chi connectivity index (χ0n) is 13.4. The molecule has 0 aliphatic rings. The van der Waals surface area contributed by atoms with Crippen LogP contribution in [0.15, 0.2) is 24.3 Å². The molecule has 0 aliphatic carbocycles. The Morgan fingerprint density at radius 2 is 1.15 bits per heavy atom. The summed E-state index contributed by atoms with van der Waals surface area (Å²) in [6.45, 7) is 12.9. The van der Waals surface area contributed by atoms with E-state index in [-0.39, 0.29) is 0 Å². The molecular formula is C18H24N2. The Hall–Kier alpha value is -1.70. The van der Waals surface area contributed by atoms with Crippen LogP contribution in [0.5, 0.6) is 0 Å². The van der Waals surface area contributed by atoms with Gasteiger partial charge in [0, 0.05) is 17.0 Å². The maximum Gasteiger partial charge on any atom is 0.159 e. The molecule has 1 aromatic carbocycles. The molecule has 0 aliphatic heterocycles. The number of aromatic nitrogens is 2. The quantitative estimate of drug-likeness (QED) is 0.782. The molecule has 0 spiro atoms. The largest absolute Gasteiger partial charge is 0.233 e. The molecular weight excluding hydrogens is 244 g/mol. The first-order valence-corrected chi connectivity index (χ1v) is 7.34. The van der Waals surface area contributed by atoms with E-state index >= 15 is 0 Å². The van der Waals surface area contributed by atoms with Crippen molar-refractivity contribution in [2.24, 2.45) is 0 Å². The summed E-state index contributed by atoms with van der Waals surface area (Å²) in [6.07, 6.45) is 0. The zero-order valence-corrected chi connectivity index (χ0v) is 13.4. The summed E-state index contributed by atoms with van der Waals surface area (Å²) in [4.78, 5) is 9.51. The second-order valence-electron chi connectivity index (χ2n) is 6.23. The highest BCUT2D eigenvalue weighted by atomic mass is 14.9. The van der Waals surface area contributed by atoms with Gasteiger partial charge in [0.2, 0.25) is 0 Å². The monoisotopic (exact) mass is 268 g/mol. The van der Waals surface area contributed by atoms with Crippen LogP contribution in [0, 0.1) is 13.8 Å². The minimum absolute atomic E-state index is 0.417. The molecule has 106 valence electrons. The van der Waals surface area contributed by atoms with Crippen LogP contribution in [-0.4, -0.2) is 9.97 Å². The van der Waals surface area contributed by atoms with Gasteiger partial charge in [-0.1, -0.05) is 44.9 Å². The predicted octanol–water partition coefficient (Wildman–Crippen LogP) is 5.01. The van der Waals surface area contributed by atoms with Crippen LogP contribution >= 0.6 is 0 Å². The van der Waals surface area contributed by atoms with E-state index in [0.29, 0.717) is 11.8 Å². The Morgan fingerprint density at radius 3 is 1.55 bits per heavy atom. The maximum atomic E-state index is 4.76. The number of rotatable bonds is 3. The first-order chi connectivity index (χ1) is 9.36. The molecule has 0 bridgehead atoms.